The number of rotatable bonds is 4. The van der Waals surface area contributed by atoms with Crippen molar-refractivity contribution in [2.45, 2.75) is 30.5 Å². The standard InChI is InChI=1S/C11H13F3O3S/c1-2-8(15)7-18(16,17)10-6-4-3-5-9(10)11(12,13)14/h3-6,8,15H,2,7H2,1H3. The molecule has 1 aromatic carbocycles. The van der Waals surface area contributed by atoms with E-state index in [2.05, 4.69) is 0 Å². The monoisotopic (exact) mass is 282 g/mol. The Morgan fingerprint density at radius 1 is 1.28 bits per heavy atom. The van der Waals surface area contributed by atoms with Crippen LogP contribution in [-0.2, 0) is 16.0 Å². The Bertz CT molecular complexity index is 509. The Morgan fingerprint density at radius 3 is 2.33 bits per heavy atom. The van der Waals surface area contributed by atoms with Crippen LogP contribution in [0.5, 0.6) is 0 Å². The second-order valence-electron chi connectivity index (χ2n) is 3.84. The van der Waals surface area contributed by atoms with Gasteiger partial charge in [0.25, 0.3) is 0 Å². The number of hydrogen-bond donors (Lipinski definition) is 1. The Hall–Kier alpha value is -1.08. The first-order valence-electron chi connectivity index (χ1n) is 5.25. The summed E-state index contributed by atoms with van der Waals surface area (Å²) in [7, 11) is -4.16. The number of aliphatic hydroxyl groups excluding tert-OH is 1. The van der Waals surface area contributed by atoms with Crippen LogP contribution in [0.25, 0.3) is 0 Å². The Morgan fingerprint density at radius 2 is 1.83 bits per heavy atom. The molecule has 0 fully saturated rings. The van der Waals surface area contributed by atoms with Crippen LogP contribution in [0.1, 0.15) is 18.9 Å². The summed E-state index contributed by atoms with van der Waals surface area (Å²) in [5, 5.41) is 9.29. The minimum atomic E-state index is -4.74. The molecule has 0 aliphatic rings. The molecule has 0 amide bonds. The smallest absolute Gasteiger partial charge is 0.392 e. The zero-order valence-corrected chi connectivity index (χ0v) is 10.4. The Labute approximate surface area is 103 Å². The lowest BCUT2D eigenvalue weighted by Crippen LogP contribution is -2.22. The van der Waals surface area contributed by atoms with Crippen LogP contribution in [0.2, 0.25) is 0 Å². The molecule has 0 saturated carbocycles. The zero-order chi connectivity index (χ0) is 14.0. The lowest BCUT2D eigenvalue weighted by molar-refractivity contribution is -0.139. The average Bonchev–Trinajstić information content (AvgIpc) is 2.27. The van der Waals surface area contributed by atoms with E-state index in [1.807, 2.05) is 0 Å². The highest BCUT2D eigenvalue weighted by molar-refractivity contribution is 7.91. The lowest BCUT2D eigenvalue weighted by Gasteiger charge is -2.14. The van der Waals surface area contributed by atoms with Gasteiger partial charge in [0.2, 0.25) is 0 Å². The van der Waals surface area contributed by atoms with Crippen LogP contribution in [0.4, 0.5) is 13.2 Å². The van der Waals surface area contributed by atoms with Crippen LogP contribution >= 0.6 is 0 Å². The summed E-state index contributed by atoms with van der Waals surface area (Å²) < 4.78 is 61.6. The topological polar surface area (TPSA) is 54.4 Å². The molecule has 1 atom stereocenters. The highest BCUT2D eigenvalue weighted by atomic mass is 32.2. The largest absolute Gasteiger partial charge is 0.417 e. The van der Waals surface area contributed by atoms with Gasteiger partial charge in [-0.05, 0) is 18.6 Å². The minimum Gasteiger partial charge on any atom is -0.392 e. The number of halogens is 3. The molecule has 0 aromatic heterocycles. The molecule has 0 heterocycles. The summed E-state index contributed by atoms with van der Waals surface area (Å²) >= 11 is 0. The first-order chi connectivity index (χ1) is 8.18. The summed E-state index contributed by atoms with van der Waals surface area (Å²) in [6, 6.07) is 3.96. The molecule has 1 aromatic rings. The maximum atomic E-state index is 12.7. The van der Waals surface area contributed by atoms with Crippen molar-refractivity contribution in [3.63, 3.8) is 0 Å². The predicted molar refractivity (Wildman–Crippen MR) is 59.8 cm³/mol. The van der Waals surface area contributed by atoms with Crippen molar-refractivity contribution in [2.75, 3.05) is 5.75 Å². The molecule has 0 radical (unpaired) electrons. The van der Waals surface area contributed by atoms with Gasteiger partial charge in [0.05, 0.1) is 22.3 Å². The van der Waals surface area contributed by atoms with Gasteiger partial charge in [-0.1, -0.05) is 19.1 Å². The van der Waals surface area contributed by atoms with E-state index in [-0.39, 0.29) is 6.42 Å². The van der Waals surface area contributed by atoms with Gasteiger partial charge < -0.3 is 5.11 Å². The molecule has 1 unspecified atom stereocenters. The first-order valence-corrected chi connectivity index (χ1v) is 6.90. The highest BCUT2D eigenvalue weighted by Crippen LogP contribution is 2.34. The summed E-state index contributed by atoms with van der Waals surface area (Å²) in [6.45, 7) is 1.55. The summed E-state index contributed by atoms with van der Waals surface area (Å²) in [5.74, 6) is -0.712. The Kier molecular flexibility index (Phi) is 4.39. The fourth-order valence-electron chi connectivity index (χ4n) is 1.43. The molecule has 0 saturated heterocycles. The van der Waals surface area contributed by atoms with E-state index in [9.17, 15) is 26.7 Å². The van der Waals surface area contributed by atoms with Crippen LogP contribution in [0.15, 0.2) is 29.2 Å². The number of aliphatic hydroxyl groups is 1. The third kappa shape index (κ3) is 3.46. The summed E-state index contributed by atoms with van der Waals surface area (Å²) in [4.78, 5) is -0.787. The van der Waals surface area contributed by atoms with Gasteiger partial charge in [-0.25, -0.2) is 8.42 Å². The van der Waals surface area contributed by atoms with Crippen LogP contribution in [-0.4, -0.2) is 25.4 Å². The minimum absolute atomic E-state index is 0.160. The van der Waals surface area contributed by atoms with E-state index >= 15 is 0 Å². The van der Waals surface area contributed by atoms with E-state index in [4.69, 9.17) is 0 Å². The zero-order valence-electron chi connectivity index (χ0n) is 9.61. The fraction of sp³-hybridized carbons (Fsp3) is 0.455. The van der Waals surface area contributed by atoms with E-state index in [0.717, 1.165) is 12.1 Å². The van der Waals surface area contributed by atoms with Gasteiger partial charge in [-0.3, -0.25) is 0 Å². The third-order valence-corrected chi connectivity index (χ3v) is 4.26. The Balaban J connectivity index is 3.25. The second kappa shape index (κ2) is 5.27. The van der Waals surface area contributed by atoms with Crippen molar-refractivity contribution in [2.24, 2.45) is 0 Å². The van der Waals surface area contributed by atoms with Gasteiger partial charge in [-0.15, -0.1) is 0 Å². The number of hydrogen-bond acceptors (Lipinski definition) is 3. The van der Waals surface area contributed by atoms with Gasteiger partial charge in [0, 0.05) is 0 Å². The fourth-order valence-corrected chi connectivity index (χ4v) is 3.16. The quantitative estimate of drug-likeness (QED) is 0.921. The number of sulfone groups is 1. The van der Waals surface area contributed by atoms with E-state index in [1.165, 1.54) is 6.07 Å². The van der Waals surface area contributed by atoms with Crippen molar-refractivity contribution < 1.29 is 26.7 Å². The van der Waals surface area contributed by atoms with Gasteiger partial charge >= 0.3 is 6.18 Å². The van der Waals surface area contributed by atoms with Crippen molar-refractivity contribution in [3.05, 3.63) is 29.8 Å². The molecule has 0 spiro atoms. The maximum Gasteiger partial charge on any atom is 0.417 e. The molecule has 0 aliphatic carbocycles. The molecule has 1 rings (SSSR count). The summed E-state index contributed by atoms with van der Waals surface area (Å²) in [6.07, 6.45) is -5.75. The van der Waals surface area contributed by atoms with Crippen molar-refractivity contribution in [1.29, 1.82) is 0 Å². The first kappa shape index (κ1) is 15.0. The molecule has 1 N–H and O–H groups in total. The van der Waals surface area contributed by atoms with E-state index < -0.39 is 38.3 Å². The molecule has 0 aliphatic heterocycles. The van der Waals surface area contributed by atoms with Crippen molar-refractivity contribution >= 4 is 9.84 Å². The normalized spacial score (nSPS) is 14.5. The van der Waals surface area contributed by atoms with E-state index in [0.29, 0.717) is 6.07 Å². The predicted octanol–water partition coefficient (Wildman–Crippen LogP) is 2.25. The van der Waals surface area contributed by atoms with Crippen molar-refractivity contribution in [3.8, 4) is 0 Å². The highest BCUT2D eigenvalue weighted by Gasteiger charge is 2.37. The summed E-state index contributed by atoms with van der Waals surface area (Å²) in [5.41, 5.74) is -1.20. The molecule has 102 valence electrons. The van der Waals surface area contributed by atoms with Crippen LogP contribution < -0.4 is 0 Å². The van der Waals surface area contributed by atoms with Gasteiger partial charge in [0.15, 0.2) is 9.84 Å². The molecule has 7 heteroatoms. The average molecular weight is 282 g/mol. The third-order valence-electron chi connectivity index (χ3n) is 2.41. The van der Waals surface area contributed by atoms with E-state index in [1.54, 1.807) is 6.92 Å². The number of benzene rings is 1. The lowest BCUT2D eigenvalue weighted by atomic mass is 10.2. The number of alkyl halides is 3. The van der Waals surface area contributed by atoms with Crippen LogP contribution in [0, 0.1) is 0 Å². The molecule has 3 nitrogen and oxygen atoms in total. The van der Waals surface area contributed by atoms with Gasteiger partial charge in [-0.2, -0.15) is 13.2 Å². The second-order valence-corrected chi connectivity index (χ2v) is 5.84. The molecule has 0 bridgehead atoms. The van der Waals surface area contributed by atoms with Crippen LogP contribution in [0.3, 0.4) is 0 Å². The molecule has 18 heavy (non-hydrogen) atoms. The maximum absolute atomic E-state index is 12.7. The molecular weight excluding hydrogens is 269 g/mol. The SMILES string of the molecule is CCC(O)CS(=O)(=O)c1ccccc1C(F)(F)F. The van der Waals surface area contributed by atoms with Crippen molar-refractivity contribution in [1.82, 2.24) is 0 Å². The molecular formula is C11H13F3O3S. The van der Waals surface area contributed by atoms with Gasteiger partial charge in [0.1, 0.15) is 0 Å².